The maximum atomic E-state index is 12.6. The molecule has 35 heavy (non-hydrogen) atoms. The molecule has 2 aromatic heterocycles. The van der Waals surface area contributed by atoms with Gasteiger partial charge in [0.05, 0.1) is 10.2 Å². The monoisotopic (exact) mass is 482 g/mol. The minimum absolute atomic E-state index is 0.000277. The number of rotatable bonds is 7. The second-order valence-electron chi connectivity index (χ2n) is 8.16. The van der Waals surface area contributed by atoms with E-state index in [1.165, 1.54) is 12.5 Å². The smallest absolute Gasteiger partial charge is 0.291 e. The molecule has 5 rings (SSSR count). The molecule has 0 bridgehead atoms. The summed E-state index contributed by atoms with van der Waals surface area (Å²) in [6.45, 7) is 3.76. The maximum Gasteiger partial charge on any atom is 0.291 e. The number of hydrogen-bond donors (Lipinski definition) is 1. The Morgan fingerprint density at radius 1 is 0.971 bits per heavy atom. The fourth-order valence-corrected chi connectivity index (χ4v) is 4.63. The molecule has 174 valence electrons. The quantitative estimate of drug-likeness (QED) is 0.255. The topological polar surface area (TPSA) is 81.4 Å². The number of ether oxygens (including phenoxy) is 1. The van der Waals surface area contributed by atoms with E-state index in [1.54, 1.807) is 47.7 Å². The number of carbonyl (C=O) groups is 2. The van der Waals surface area contributed by atoms with Gasteiger partial charge in [-0.3, -0.25) is 9.59 Å². The van der Waals surface area contributed by atoms with Crippen LogP contribution in [0.4, 0.5) is 5.69 Å². The maximum absolute atomic E-state index is 12.6. The average molecular weight is 483 g/mol. The Hall–Kier alpha value is -4.23. The van der Waals surface area contributed by atoms with Crippen LogP contribution in [-0.4, -0.2) is 16.7 Å². The van der Waals surface area contributed by atoms with E-state index in [0.717, 1.165) is 20.8 Å². The molecule has 0 aliphatic rings. The van der Waals surface area contributed by atoms with Crippen LogP contribution < -0.4 is 10.1 Å². The number of benzene rings is 3. The highest BCUT2D eigenvalue weighted by Gasteiger charge is 2.13. The molecule has 0 spiro atoms. The highest BCUT2D eigenvalue weighted by atomic mass is 32.1. The Morgan fingerprint density at radius 2 is 1.74 bits per heavy atom. The minimum atomic E-state index is -0.342. The normalized spacial score (nSPS) is 10.9. The van der Waals surface area contributed by atoms with Crippen LogP contribution in [0.2, 0.25) is 0 Å². The number of aryl methyl sites for hydroxylation is 1. The number of nitrogens with zero attached hydrogens (tertiary/aromatic N) is 1. The van der Waals surface area contributed by atoms with E-state index in [0.29, 0.717) is 22.8 Å². The van der Waals surface area contributed by atoms with Gasteiger partial charge in [0.25, 0.3) is 5.91 Å². The van der Waals surface area contributed by atoms with Crippen molar-refractivity contribution in [3.8, 4) is 16.3 Å². The summed E-state index contributed by atoms with van der Waals surface area (Å²) in [5.74, 6) is 0.985. The molecular weight excluding hydrogens is 460 g/mol. The molecule has 5 aromatic rings. The summed E-state index contributed by atoms with van der Waals surface area (Å²) in [6.07, 6.45) is 0. The van der Waals surface area contributed by atoms with Gasteiger partial charge in [0.15, 0.2) is 11.5 Å². The van der Waals surface area contributed by atoms with Crippen LogP contribution in [0.5, 0.6) is 5.75 Å². The fourth-order valence-electron chi connectivity index (χ4n) is 3.56. The predicted octanol–water partition coefficient (Wildman–Crippen LogP) is 6.90. The van der Waals surface area contributed by atoms with Gasteiger partial charge < -0.3 is 14.5 Å². The first kappa shape index (κ1) is 22.6. The van der Waals surface area contributed by atoms with E-state index in [1.807, 2.05) is 30.3 Å². The molecule has 1 amide bonds. The summed E-state index contributed by atoms with van der Waals surface area (Å²) in [7, 11) is 0. The van der Waals surface area contributed by atoms with Crippen LogP contribution in [-0.2, 0) is 6.61 Å². The molecule has 2 heterocycles. The van der Waals surface area contributed by atoms with E-state index in [4.69, 9.17) is 14.1 Å². The number of fused-ring (bicyclic) bond motifs is 1. The highest BCUT2D eigenvalue weighted by Crippen LogP contribution is 2.31. The van der Waals surface area contributed by atoms with Crippen LogP contribution >= 0.6 is 11.3 Å². The Morgan fingerprint density at radius 3 is 2.49 bits per heavy atom. The molecule has 0 fully saturated rings. The summed E-state index contributed by atoms with van der Waals surface area (Å²) in [6, 6.07) is 24.0. The number of hydrogen-bond acceptors (Lipinski definition) is 6. The molecule has 6 nitrogen and oxygen atoms in total. The van der Waals surface area contributed by atoms with Gasteiger partial charge in [-0.1, -0.05) is 6.07 Å². The summed E-state index contributed by atoms with van der Waals surface area (Å²) in [4.78, 5) is 28.7. The number of furan rings is 1. The number of aromatic nitrogens is 1. The third-order valence-corrected chi connectivity index (χ3v) is 6.53. The van der Waals surface area contributed by atoms with Gasteiger partial charge in [-0.05, 0) is 92.2 Å². The second kappa shape index (κ2) is 9.56. The Labute approximate surface area is 206 Å². The van der Waals surface area contributed by atoms with Gasteiger partial charge in [0, 0.05) is 16.8 Å². The standard InChI is InChI=1S/C28H22N2O4S/c1-17-3-13-24-26(15-17)35-28(30-24)20-4-8-21(9-5-20)29-27(32)25-14-12-23(34-25)16-33-22-10-6-19(7-11-22)18(2)31/h3-15H,16H2,1-2H3,(H,29,32). The first-order valence-electron chi connectivity index (χ1n) is 11.1. The number of thiazole rings is 1. The molecule has 0 radical (unpaired) electrons. The van der Waals surface area contributed by atoms with Crippen molar-refractivity contribution in [3.63, 3.8) is 0 Å². The number of anilines is 1. The van der Waals surface area contributed by atoms with E-state index >= 15 is 0 Å². The second-order valence-corrected chi connectivity index (χ2v) is 9.19. The lowest BCUT2D eigenvalue weighted by atomic mass is 10.1. The largest absolute Gasteiger partial charge is 0.486 e. The number of Topliss-reactive ketones (excluding diaryl/α,β-unsaturated/α-hetero) is 1. The molecule has 0 aliphatic carbocycles. The van der Waals surface area contributed by atoms with Crippen molar-refractivity contribution in [2.45, 2.75) is 20.5 Å². The van der Waals surface area contributed by atoms with Crippen molar-refractivity contribution in [3.05, 3.63) is 102 Å². The molecule has 3 aromatic carbocycles. The zero-order valence-corrected chi connectivity index (χ0v) is 20.0. The number of ketones is 1. The molecule has 1 N–H and O–H groups in total. The van der Waals surface area contributed by atoms with Gasteiger partial charge >= 0.3 is 0 Å². The Kier molecular flexibility index (Phi) is 6.16. The number of carbonyl (C=O) groups excluding carboxylic acids is 2. The van der Waals surface area contributed by atoms with Gasteiger partial charge in [0.1, 0.15) is 23.1 Å². The average Bonchev–Trinajstić information content (AvgIpc) is 3.50. The molecule has 0 saturated heterocycles. The predicted molar refractivity (Wildman–Crippen MR) is 137 cm³/mol. The van der Waals surface area contributed by atoms with Crippen LogP contribution in [0.1, 0.15) is 39.2 Å². The summed E-state index contributed by atoms with van der Waals surface area (Å²) in [5.41, 5.74) is 4.48. The van der Waals surface area contributed by atoms with Gasteiger partial charge in [-0.2, -0.15) is 0 Å². The lowest BCUT2D eigenvalue weighted by Crippen LogP contribution is -2.10. The number of amides is 1. The molecule has 7 heteroatoms. The van der Waals surface area contributed by atoms with Crippen molar-refractivity contribution in [1.82, 2.24) is 4.98 Å². The third kappa shape index (κ3) is 5.15. The SMILES string of the molecule is CC(=O)c1ccc(OCc2ccc(C(=O)Nc3ccc(-c4nc5ccc(C)cc5s4)cc3)o2)cc1. The van der Waals surface area contributed by atoms with Crippen molar-refractivity contribution in [2.24, 2.45) is 0 Å². The van der Waals surface area contributed by atoms with Crippen LogP contribution in [0.25, 0.3) is 20.8 Å². The zero-order chi connectivity index (χ0) is 24.4. The molecule has 0 aliphatic heterocycles. The van der Waals surface area contributed by atoms with Crippen molar-refractivity contribution < 1.29 is 18.7 Å². The van der Waals surface area contributed by atoms with E-state index in [-0.39, 0.29) is 24.1 Å². The van der Waals surface area contributed by atoms with Gasteiger partial charge in [-0.15, -0.1) is 11.3 Å². The van der Waals surface area contributed by atoms with Crippen LogP contribution in [0.3, 0.4) is 0 Å². The molecule has 0 atom stereocenters. The number of nitrogens with one attached hydrogen (secondary N) is 1. The Bertz CT molecular complexity index is 1520. The van der Waals surface area contributed by atoms with Crippen molar-refractivity contribution in [1.29, 1.82) is 0 Å². The van der Waals surface area contributed by atoms with E-state index in [2.05, 4.69) is 24.4 Å². The first-order valence-corrected chi connectivity index (χ1v) is 11.9. The first-order chi connectivity index (χ1) is 16.9. The fraction of sp³-hybridized carbons (Fsp3) is 0.107. The lowest BCUT2D eigenvalue weighted by molar-refractivity contribution is 0.0990. The van der Waals surface area contributed by atoms with Crippen molar-refractivity contribution in [2.75, 3.05) is 5.32 Å². The zero-order valence-electron chi connectivity index (χ0n) is 19.2. The van der Waals surface area contributed by atoms with E-state index in [9.17, 15) is 9.59 Å². The van der Waals surface area contributed by atoms with Crippen molar-refractivity contribution >= 4 is 38.9 Å². The Balaban J connectivity index is 1.20. The molecule has 0 unspecified atom stereocenters. The third-order valence-electron chi connectivity index (χ3n) is 5.46. The summed E-state index contributed by atoms with van der Waals surface area (Å²) < 4.78 is 12.5. The van der Waals surface area contributed by atoms with E-state index < -0.39 is 0 Å². The highest BCUT2D eigenvalue weighted by molar-refractivity contribution is 7.21. The summed E-state index contributed by atoms with van der Waals surface area (Å²) in [5, 5.41) is 3.79. The lowest BCUT2D eigenvalue weighted by Gasteiger charge is -2.05. The molecule has 0 saturated carbocycles. The molecular formula is C28H22N2O4S. The van der Waals surface area contributed by atoms with Gasteiger partial charge in [0.2, 0.25) is 0 Å². The minimum Gasteiger partial charge on any atom is -0.486 e. The van der Waals surface area contributed by atoms with Crippen LogP contribution in [0, 0.1) is 6.92 Å². The summed E-state index contributed by atoms with van der Waals surface area (Å²) >= 11 is 1.65. The van der Waals surface area contributed by atoms with Crippen LogP contribution in [0.15, 0.2) is 83.3 Å². The van der Waals surface area contributed by atoms with Gasteiger partial charge in [-0.25, -0.2) is 4.98 Å².